The Bertz CT molecular complexity index is 57.5. The molecule has 2 nitrogen and oxygen atoms in total. The molecule has 0 unspecified atom stereocenters. The summed E-state index contributed by atoms with van der Waals surface area (Å²) in [5, 5.41) is 0. The predicted molar refractivity (Wildman–Crippen MR) is 31.9 cm³/mol. The average molecular weight is 114 g/mol. The number of hydrogen-bond acceptors (Lipinski definition) is 2. The van der Waals surface area contributed by atoms with Crippen LogP contribution in [0.2, 0.25) is 0 Å². The molecule has 8 heavy (non-hydrogen) atoms. The molecule has 0 aliphatic carbocycles. The summed E-state index contributed by atoms with van der Waals surface area (Å²) in [6.45, 7) is 4.92. The zero-order valence-electron chi connectivity index (χ0n) is 5.39. The normalized spacial score (nSPS) is 7.00. The summed E-state index contributed by atoms with van der Waals surface area (Å²) in [6.07, 6.45) is 3.28. The molecule has 0 aromatic rings. The van der Waals surface area contributed by atoms with Gasteiger partial charge in [-0.15, -0.1) is 0 Å². The van der Waals surface area contributed by atoms with Crippen molar-refractivity contribution in [3.8, 4) is 0 Å². The summed E-state index contributed by atoms with van der Waals surface area (Å²) in [5.74, 6) is 0.0787. The van der Waals surface area contributed by atoms with Crippen LogP contribution in [0.3, 0.4) is 0 Å². The fourth-order valence-electron chi connectivity index (χ4n) is 0. The van der Waals surface area contributed by atoms with Crippen molar-refractivity contribution in [2.24, 2.45) is 5.92 Å². The molecular weight excluding hydrogens is 104 g/mol. The van der Waals surface area contributed by atoms with E-state index >= 15 is 0 Å². The van der Waals surface area contributed by atoms with Crippen molar-refractivity contribution in [3.05, 3.63) is 0 Å². The Hall–Kier alpha value is -0.660. The Kier molecular flexibility index (Phi) is 12.4. The molecule has 0 atom stereocenters. The van der Waals surface area contributed by atoms with Gasteiger partial charge in [0.25, 0.3) is 0 Å². The fourth-order valence-corrected chi connectivity index (χ4v) is 0. The van der Waals surface area contributed by atoms with Crippen LogP contribution in [0.1, 0.15) is 20.8 Å². The van der Waals surface area contributed by atoms with Crippen molar-refractivity contribution in [3.63, 3.8) is 0 Å². The molecule has 2 radical (unpaired) electrons. The maximum absolute atomic E-state index is 9.38. The number of carbonyl (C=O) groups excluding carboxylic acids is 2. The second kappa shape index (κ2) is 9.60. The van der Waals surface area contributed by atoms with Crippen LogP contribution < -0.4 is 0 Å². The average Bonchev–Trinajstić information content (AvgIpc) is 1.69. The van der Waals surface area contributed by atoms with E-state index in [0.29, 0.717) is 0 Å². The van der Waals surface area contributed by atoms with Crippen LogP contribution in [0.5, 0.6) is 0 Å². The predicted octanol–water partition coefficient (Wildman–Crippen LogP) is 0.868. The van der Waals surface area contributed by atoms with Crippen LogP contribution >= 0.6 is 0 Å². The highest BCUT2D eigenvalue weighted by atomic mass is 16.1. The highest BCUT2D eigenvalue weighted by molar-refractivity contribution is 5.52. The van der Waals surface area contributed by atoms with Gasteiger partial charge >= 0.3 is 0 Å². The maximum atomic E-state index is 9.38. The standard InChI is InChI=1S/C4H7O.C2H3O/c1-4(2)3-5;1-2-3/h4H,1-2H3;1H3. The quantitative estimate of drug-likeness (QED) is 0.506. The highest BCUT2D eigenvalue weighted by Gasteiger charge is 1.82. The van der Waals surface area contributed by atoms with Crippen molar-refractivity contribution >= 4 is 12.6 Å². The molecule has 0 spiro atoms. The summed E-state index contributed by atoms with van der Waals surface area (Å²) in [7, 11) is 0. The Morgan fingerprint density at radius 2 is 1.38 bits per heavy atom. The van der Waals surface area contributed by atoms with Gasteiger partial charge in [0, 0.05) is 12.8 Å². The minimum Gasteiger partial charge on any atom is -0.291 e. The molecule has 0 heterocycles. The summed E-state index contributed by atoms with van der Waals surface area (Å²) in [4.78, 5) is 18.1. The third-order valence-electron chi connectivity index (χ3n) is 0.236. The van der Waals surface area contributed by atoms with Crippen LogP contribution in [-0.4, -0.2) is 12.6 Å². The minimum atomic E-state index is 0.0787. The van der Waals surface area contributed by atoms with Crippen molar-refractivity contribution in [2.75, 3.05) is 0 Å². The lowest BCUT2D eigenvalue weighted by atomic mass is 10.3. The van der Waals surface area contributed by atoms with Crippen LogP contribution in [0.4, 0.5) is 0 Å². The third-order valence-corrected chi connectivity index (χ3v) is 0.236. The van der Waals surface area contributed by atoms with Gasteiger partial charge in [0.1, 0.15) is 0 Å². The second-order valence-electron chi connectivity index (χ2n) is 1.48. The van der Waals surface area contributed by atoms with Gasteiger partial charge in [-0.1, -0.05) is 13.8 Å². The molecule has 0 rings (SSSR count). The van der Waals surface area contributed by atoms with Gasteiger partial charge in [0.2, 0.25) is 6.29 Å². The molecular formula is C6H10O2. The summed E-state index contributed by atoms with van der Waals surface area (Å²) in [6, 6.07) is 0. The van der Waals surface area contributed by atoms with E-state index in [1.165, 1.54) is 13.2 Å². The first kappa shape index (κ1) is 10.3. The van der Waals surface area contributed by atoms with Crippen molar-refractivity contribution in [1.82, 2.24) is 0 Å². The molecule has 0 aliphatic rings. The fraction of sp³-hybridized carbons (Fsp3) is 0.667. The smallest absolute Gasteiger partial charge is 0.201 e. The Labute approximate surface area is 49.9 Å². The summed E-state index contributed by atoms with van der Waals surface area (Å²) < 4.78 is 0. The van der Waals surface area contributed by atoms with Gasteiger partial charge < -0.3 is 0 Å². The van der Waals surface area contributed by atoms with Gasteiger partial charge in [0.15, 0.2) is 6.29 Å². The minimum absolute atomic E-state index is 0.0787. The molecule has 0 aliphatic heterocycles. The van der Waals surface area contributed by atoms with Gasteiger partial charge in [-0.25, -0.2) is 0 Å². The van der Waals surface area contributed by atoms with E-state index in [1.54, 1.807) is 20.1 Å². The molecule has 0 fully saturated rings. The first-order valence-corrected chi connectivity index (χ1v) is 2.35. The molecule has 0 aromatic carbocycles. The zero-order chi connectivity index (χ0) is 6.99. The largest absolute Gasteiger partial charge is 0.291 e. The van der Waals surface area contributed by atoms with E-state index in [9.17, 15) is 4.79 Å². The molecule has 0 saturated heterocycles. The second-order valence-corrected chi connectivity index (χ2v) is 1.48. The molecule has 0 amide bonds. The SMILES string of the molecule is CC(C)[C]=O.C[C]=O. The zero-order valence-corrected chi connectivity index (χ0v) is 5.39. The lowest BCUT2D eigenvalue weighted by Crippen LogP contribution is -1.82. The molecule has 2 heteroatoms. The number of hydrogen-bond donors (Lipinski definition) is 0. The van der Waals surface area contributed by atoms with Crippen LogP contribution in [-0.2, 0) is 9.59 Å². The first-order valence-electron chi connectivity index (χ1n) is 2.35. The molecule has 0 saturated carbocycles. The Morgan fingerprint density at radius 3 is 1.38 bits per heavy atom. The summed E-state index contributed by atoms with van der Waals surface area (Å²) in [5.41, 5.74) is 0. The van der Waals surface area contributed by atoms with Crippen molar-refractivity contribution in [1.29, 1.82) is 0 Å². The van der Waals surface area contributed by atoms with Gasteiger partial charge in [-0.05, 0) is 0 Å². The lowest BCUT2D eigenvalue weighted by molar-refractivity contribution is 0.537. The molecule has 0 bridgehead atoms. The summed E-state index contributed by atoms with van der Waals surface area (Å²) >= 11 is 0. The van der Waals surface area contributed by atoms with E-state index < -0.39 is 0 Å². The molecule has 0 aromatic heterocycles. The van der Waals surface area contributed by atoms with E-state index in [-0.39, 0.29) is 5.92 Å². The Balaban J connectivity index is 0. The van der Waals surface area contributed by atoms with Crippen molar-refractivity contribution < 1.29 is 9.59 Å². The van der Waals surface area contributed by atoms with E-state index in [2.05, 4.69) is 0 Å². The number of rotatable bonds is 1. The molecule has 46 valence electrons. The van der Waals surface area contributed by atoms with Crippen molar-refractivity contribution in [2.45, 2.75) is 20.8 Å². The highest BCUT2D eigenvalue weighted by Crippen LogP contribution is 1.78. The van der Waals surface area contributed by atoms with E-state index in [4.69, 9.17) is 4.79 Å². The van der Waals surface area contributed by atoms with E-state index in [1.807, 2.05) is 0 Å². The maximum Gasteiger partial charge on any atom is 0.201 e. The van der Waals surface area contributed by atoms with Gasteiger partial charge in [-0.3, -0.25) is 9.59 Å². The van der Waals surface area contributed by atoms with Crippen LogP contribution in [0, 0.1) is 5.92 Å². The lowest BCUT2D eigenvalue weighted by Gasteiger charge is -1.76. The molecule has 0 N–H and O–H groups in total. The first-order chi connectivity index (χ1) is 3.68. The van der Waals surface area contributed by atoms with E-state index in [0.717, 1.165) is 0 Å². The monoisotopic (exact) mass is 114 g/mol. The van der Waals surface area contributed by atoms with Crippen LogP contribution in [0.15, 0.2) is 0 Å². The van der Waals surface area contributed by atoms with Gasteiger partial charge in [-0.2, -0.15) is 0 Å². The third kappa shape index (κ3) is 56.0. The van der Waals surface area contributed by atoms with Gasteiger partial charge in [0.05, 0.1) is 0 Å². The van der Waals surface area contributed by atoms with Crippen LogP contribution in [0.25, 0.3) is 0 Å². The topological polar surface area (TPSA) is 34.1 Å². The Morgan fingerprint density at radius 1 is 1.25 bits per heavy atom.